The summed E-state index contributed by atoms with van der Waals surface area (Å²) in [5.74, 6) is -0.736. The van der Waals surface area contributed by atoms with Crippen molar-refractivity contribution in [3.05, 3.63) is 0 Å². The van der Waals surface area contributed by atoms with Gasteiger partial charge in [-0.1, -0.05) is 0 Å². The van der Waals surface area contributed by atoms with E-state index < -0.39 is 5.97 Å². The van der Waals surface area contributed by atoms with Gasteiger partial charge in [0.1, 0.15) is 0 Å². The molecule has 3 aliphatic heterocycles. The van der Waals surface area contributed by atoms with Crippen molar-refractivity contribution in [1.29, 1.82) is 0 Å². The number of nitrogens with one attached hydrogen (secondary N) is 1. The van der Waals surface area contributed by atoms with Crippen molar-refractivity contribution in [3.8, 4) is 0 Å². The number of amides is 2. The van der Waals surface area contributed by atoms with Crippen LogP contribution in [0.15, 0.2) is 0 Å². The molecule has 3 heterocycles. The molecule has 3 saturated heterocycles. The highest BCUT2D eigenvalue weighted by molar-refractivity contribution is 5.89. The Bertz CT molecular complexity index is 436. The number of nitrogens with zero attached hydrogens (tertiary/aromatic N) is 1. The first-order chi connectivity index (χ1) is 9.54. The van der Waals surface area contributed by atoms with Crippen molar-refractivity contribution in [3.63, 3.8) is 0 Å². The predicted molar refractivity (Wildman–Crippen MR) is 69.7 cm³/mol. The lowest BCUT2D eigenvalue weighted by atomic mass is 9.87. The molecule has 20 heavy (non-hydrogen) atoms. The summed E-state index contributed by atoms with van der Waals surface area (Å²) in [6.07, 6.45) is 4.04. The Morgan fingerprint density at radius 1 is 1.25 bits per heavy atom. The van der Waals surface area contributed by atoms with Crippen LogP contribution in [0.3, 0.4) is 0 Å². The van der Waals surface area contributed by atoms with Gasteiger partial charge in [0.2, 0.25) is 11.8 Å². The number of carbonyl (C=O) groups excluding carboxylic acids is 2. The largest absolute Gasteiger partial charge is 0.481 e. The fourth-order valence-electron chi connectivity index (χ4n) is 4.05. The number of hydrogen-bond acceptors (Lipinski definition) is 3. The van der Waals surface area contributed by atoms with E-state index in [0.29, 0.717) is 13.0 Å². The van der Waals surface area contributed by atoms with E-state index in [-0.39, 0.29) is 42.2 Å². The highest BCUT2D eigenvalue weighted by Crippen LogP contribution is 2.41. The van der Waals surface area contributed by atoms with Gasteiger partial charge in [-0.25, -0.2) is 0 Å². The van der Waals surface area contributed by atoms with Crippen molar-refractivity contribution in [2.24, 2.45) is 11.8 Å². The van der Waals surface area contributed by atoms with Crippen molar-refractivity contribution < 1.29 is 19.5 Å². The van der Waals surface area contributed by atoms with Crippen molar-refractivity contribution in [1.82, 2.24) is 10.2 Å². The third-order valence-corrected chi connectivity index (χ3v) is 4.88. The number of piperidine rings is 1. The molecular weight excluding hydrogens is 260 g/mol. The number of carboxylic acid groups (broad SMARTS) is 1. The van der Waals surface area contributed by atoms with Crippen molar-refractivity contribution >= 4 is 17.8 Å². The molecule has 3 fully saturated rings. The number of carbonyl (C=O) groups is 3. The second kappa shape index (κ2) is 5.07. The zero-order valence-electron chi connectivity index (χ0n) is 11.4. The summed E-state index contributed by atoms with van der Waals surface area (Å²) in [5, 5.41) is 11.6. The van der Waals surface area contributed by atoms with Crippen LogP contribution in [-0.4, -0.2) is 46.4 Å². The lowest BCUT2D eigenvalue weighted by Gasteiger charge is -2.39. The molecule has 3 aliphatic rings. The summed E-state index contributed by atoms with van der Waals surface area (Å²) < 4.78 is 0. The van der Waals surface area contributed by atoms with E-state index in [1.165, 1.54) is 0 Å². The Kier molecular flexibility index (Phi) is 3.40. The van der Waals surface area contributed by atoms with Crippen LogP contribution in [0.5, 0.6) is 0 Å². The molecule has 3 atom stereocenters. The van der Waals surface area contributed by atoms with Gasteiger partial charge in [-0.15, -0.1) is 0 Å². The third kappa shape index (κ3) is 2.39. The fourth-order valence-corrected chi connectivity index (χ4v) is 4.05. The molecule has 3 rings (SSSR count). The van der Waals surface area contributed by atoms with E-state index in [1.54, 1.807) is 0 Å². The first kappa shape index (κ1) is 13.4. The Labute approximate surface area is 117 Å². The molecule has 2 bridgehead atoms. The minimum atomic E-state index is -0.750. The topological polar surface area (TPSA) is 86.7 Å². The Balaban J connectivity index is 1.66. The highest BCUT2D eigenvalue weighted by Gasteiger charge is 2.46. The maximum Gasteiger partial charge on any atom is 0.303 e. The average Bonchev–Trinajstić information content (AvgIpc) is 2.91. The summed E-state index contributed by atoms with van der Waals surface area (Å²) in [5.41, 5.74) is 0. The lowest BCUT2D eigenvalue weighted by Crippen LogP contribution is -2.49. The third-order valence-electron chi connectivity index (χ3n) is 4.88. The molecular formula is C14H20N2O4. The zero-order valence-corrected chi connectivity index (χ0v) is 11.4. The van der Waals surface area contributed by atoms with Gasteiger partial charge in [0.15, 0.2) is 0 Å². The number of aliphatic carboxylic acids is 1. The van der Waals surface area contributed by atoms with E-state index >= 15 is 0 Å². The van der Waals surface area contributed by atoms with Gasteiger partial charge in [-0.2, -0.15) is 0 Å². The van der Waals surface area contributed by atoms with Crippen molar-refractivity contribution in [2.45, 2.75) is 50.6 Å². The molecule has 0 aliphatic carbocycles. The Hall–Kier alpha value is -1.59. The van der Waals surface area contributed by atoms with Gasteiger partial charge in [-0.05, 0) is 31.6 Å². The summed E-state index contributed by atoms with van der Waals surface area (Å²) in [6, 6.07) is 0.364. The highest BCUT2D eigenvalue weighted by atomic mass is 16.4. The molecule has 110 valence electrons. The lowest BCUT2D eigenvalue weighted by molar-refractivity contribution is -0.142. The van der Waals surface area contributed by atoms with Crippen LogP contribution in [0.2, 0.25) is 0 Å². The van der Waals surface area contributed by atoms with E-state index in [9.17, 15) is 14.4 Å². The summed E-state index contributed by atoms with van der Waals surface area (Å²) >= 11 is 0. The van der Waals surface area contributed by atoms with Gasteiger partial charge in [-0.3, -0.25) is 14.4 Å². The number of hydrogen-bond donors (Lipinski definition) is 2. The van der Waals surface area contributed by atoms with Crippen LogP contribution in [0, 0.1) is 11.8 Å². The molecule has 6 nitrogen and oxygen atoms in total. The molecule has 3 unspecified atom stereocenters. The van der Waals surface area contributed by atoms with E-state index in [0.717, 1.165) is 25.7 Å². The molecule has 0 aromatic heterocycles. The number of rotatable bonds is 3. The van der Waals surface area contributed by atoms with Gasteiger partial charge in [0.25, 0.3) is 0 Å². The number of fused-ring (bicyclic) bond motifs is 2. The van der Waals surface area contributed by atoms with Crippen molar-refractivity contribution in [2.75, 3.05) is 6.54 Å². The first-order valence-electron chi connectivity index (χ1n) is 7.35. The molecule has 2 N–H and O–H groups in total. The van der Waals surface area contributed by atoms with Gasteiger partial charge in [0.05, 0.1) is 5.92 Å². The van der Waals surface area contributed by atoms with E-state index in [2.05, 4.69) is 5.32 Å². The van der Waals surface area contributed by atoms with Crippen LogP contribution in [0.4, 0.5) is 0 Å². The van der Waals surface area contributed by atoms with Crippen LogP contribution < -0.4 is 5.32 Å². The molecule has 2 amide bonds. The average molecular weight is 280 g/mol. The summed E-state index contributed by atoms with van der Waals surface area (Å²) in [4.78, 5) is 36.6. The molecule has 6 heteroatoms. The molecule has 0 aromatic carbocycles. The number of carboxylic acids is 1. The molecule has 0 radical (unpaired) electrons. The van der Waals surface area contributed by atoms with Gasteiger partial charge in [0, 0.05) is 31.5 Å². The maximum absolute atomic E-state index is 12.6. The Morgan fingerprint density at radius 3 is 2.40 bits per heavy atom. The minimum Gasteiger partial charge on any atom is -0.481 e. The second-order valence-electron chi connectivity index (χ2n) is 6.27. The normalized spacial score (nSPS) is 36.0. The SMILES string of the molecule is O=C(O)CC1CC2CCC(C1)N2C(=O)C1CNC(=O)C1. The van der Waals surface area contributed by atoms with E-state index in [4.69, 9.17) is 5.11 Å². The van der Waals surface area contributed by atoms with Crippen LogP contribution in [-0.2, 0) is 14.4 Å². The van der Waals surface area contributed by atoms with Crippen LogP contribution in [0.25, 0.3) is 0 Å². The smallest absolute Gasteiger partial charge is 0.303 e. The summed E-state index contributed by atoms with van der Waals surface area (Å²) in [6.45, 7) is 0.451. The van der Waals surface area contributed by atoms with Crippen LogP contribution in [0.1, 0.15) is 38.5 Å². The minimum absolute atomic E-state index is 0.0449. The molecule has 0 spiro atoms. The Morgan fingerprint density at radius 2 is 1.90 bits per heavy atom. The zero-order chi connectivity index (χ0) is 14.3. The quantitative estimate of drug-likeness (QED) is 0.782. The molecule has 0 aromatic rings. The van der Waals surface area contributed by atoms with Gasteiger partial charge >= 0.3 is 5.97 Å². The predicted octanol–water partition coefficient (Wildman–Crippen LogP) is 0.367. The van der Waals surface area contributed by atoms with Gasteiger partial charge < -0.3 is 15.3 Å². The second-order valence-corrected chi connectivity index (χ2v) is 6.27. The monoisotopic (exact) mass is 280 g/mol. The maximum atomic E-state index is 12.6. The first-order valence-corrected chi connectivity index (χ1v) is 7.35. The summed E-state index contributed by atoms with van der Waals surface area (Å²) in [7, 11) is 0. The van der Waals surface area contributed by atoms with Crippen LogP contribution >= 0.6 is 0 Å². The molecule has 0 saturated carbocycles. The fraction of sp³-hybridized carbons (Fsp3) is 0.786. The standard InChI is InChI=1S/C14H20N2O4/c17-12-6-9(7-15-12)14(20)16-10-1-2-11(16)4-8(3-10)5-13(18)19/h8-11H,1-7H2,(H,15,17)(H,18,19). The van der Waals surface area contributed by atoms with E-state index in [1.807, 2.05) is 4.90 Å².